The van der Waals surface area contributed by atoms with Crippen molar-refractivity contribution in [3.05, 3.63) is 0 Å². The minimum absolute atomic E-state index is 0.0601. The summed E-state index contributed by atoms with van der Waals surface area (Å²) in [6.07, 6.45) is 3.81. The van der Waals surface area contributed by atoms with E-state index < -0.39 is 17.9 Å². The molecule has 2 rings (SSSR count). The molecule has 3 N–H and O–H groups in total. The molecule has 2 saturated heterocycles. The van der Waals surface area contributed by atoms with Gasteiger partial charge in [0.15, 0.2) is 5.79 Å². The largest absolute Gasteiger partial charge is 0.352 e. The highest BCUT2D eigenvalue weighted by Crippen LogP contribution is 2.31. The number of unbranched alkanes of at least 4 members (excludes halogenated alkanes) is 1. The zero-order chi connectivity index (χ0) is 15.3. The summed E-state index contributed by atoms with van der Waals surface area (Å²) >= 11 is 0. The standard InChI is InChI=1S/C14H25N3O4/c1-2-3-4-11(16-13(15)19)12(18)17-7-5-14(6-8-17)20-9-10-21-14/h11H,2-10H2,1H3,(H3,15,16,19). The van der Waals surface area contributed by atoms with Gasteiger partial charge in [0.1, 0.15) is 6.04 Å². The Balaban J connectivity index is 1.89. The maximum Gasteiger partial charge on any atom is 0.312 e. The van der Waals surface area contributed by atoms with Gasteiger partial charge in [-0.15, -0.1) is 0 Å². The van der Waals surface area contributed by atoms with Gasteiger partial charge in [-0.25, -0.2) is 4.79 Å². The first-order valence-electron chi connectivity index (χ1n) is 7.69. The van der Waals surface area contributed by atoms with Crippen molar-refractivity contribution < 1.29 is 19.1 Å². The lowest BCUT2D eigenvalue weighted by Crippen LogP contribution is -2.54. The lowest BCUT2D eigenvalue weighted by atomic mass is 10.0. The van der Waals surface area contributed by atoms with E-state index in [1.54, 1.807) is 4.90 Å². The fraction of sp³-hybridized carbons (Fsp3) is 0.857. The Bertz CT molecular complexity index is 372. The molecule has 1 unspecified atom stereocenters. The van der Waals surface area contributed by atoms with Gasteiger partial charge in [0.05, 0.1) is 13.2 Å². The molecule has 21 heavy (non-hydrogen) atoms. The van der Waals surface area contributed by atoms with E-state index in [-0.39, 0.29) is 5.91 Å². The number of nitrogens with one attached hydrogen (secondary N) is 1. The van der Waals surface area contributed by atoms with Gasteiger partial charge in [-0.1, -0.05) is 19.8 Å². The van der Waals surface area contributed by atoms with Crippen LogP contribution in [0.4, 0.5) is 4.79 Å². The predicted molar refractivity (Wildman–Crippen MR) is 76.5 cm³/mol. The third-order valence-corrected chi connectivity index (χ3v) is 4.11. The van der Waals surface area contributed by atoms with Crippen LogP contribution >= 0.6 is 0 Å². The minimum Gasteiger partial charge on any atom is -0.352 e. The zero-order valence-corrected chi connectivity index (χ0v) is 12.6. The van der Waals surface area contributed by atoms with E-state index in [2.05, 4.69) is 5.32 Å². The number of piperidine rings is 1. The molecule has 0 aromatic heterocycles. The van der Waals surface area contributed by atoms with Crippen LogP contribution in [0, 0.1) is 0 Å². The number of hydrogen-bond acceptors (Lipinski definition) is 4. The van der Waals surface area contributed by atoms with Crippen molar-refractivity contribution in [2.75, 3.05) is 26.3 Å². The predicted octanol–water partition coefficient (Wildman–Crippen LogP) is 0.579. The maximum atomic E-state index is 12.5. The van der Waals surface area contributed by atoms with Crippen LogP contribution in [-0.2, 0) is 14.3 Å². The van der Waals surface area contributed by atoms with Crippen LogP contribution in [0.2, 0.25) is 0 Å². The van der Waals surface area contributed by atoms with Crippen molar-refractivity contribution in [3.63, 3.8) is 0 Å². The Labute approximate surface area is 125 Å². The summed E-state index contributed by atoms with van der Waals surface area (Å²) in [5.41, 5.74) is 5.17. The number of amides is 3. The van der Waals surface area contributed by atoms with Crippen LogP contribution in [0.3, 0.4) is 0 Å². The number of rotatable bonds is 5. The number of ether oxygens (including phenoxy) is 2. The fourth-order valence-electron chi connectivity index (χ4n) is 2.91. The van der Waals surface area contributed by atoms with Crippen molar-refractivity contribution >= 4 is 11.9 Å². The molecular formula is C14H25N3O4. The first-order chi connectivity index (χ1) is 10.1. The van der Waals surface area contributed by atoms with Gasteiger partial charge in [0, 0.05) is 25.9 Å². The Kier molecular flexibility index (Phi) is 5.41. The number of nitrogens with zero attached hydrogens (tertiary/aromatic N) is 1. The second kappa shape index (κ2) is 7.09. The van der Waals surface area contributed by atoms with Crippen LogP contribution in [0.5, 0.6) is 0 Å². The van der Waals surface area contributed by atoms with Crippen molar-refractivity contribution in [2.24, 2.45) is 5.73 Å². The SMILES string of the molecule is CCCCC(NC(N)=O)C(=O)N1CCC2(CC1)OCCO2. The monoisotopic (exact) mass is 299 g/mol. The zero-order valence-electron chi connectivity index (χ0n) is 12.6. The third kappa shape index (κ3) is 4.07. The molecule has 2 aliphatic rings. The van der Waals surface area contributed by atoms with Gasteiger partial charge in [0.25, 0.3) is 0 Å². The highest BCUT2D eigenvalue weighted by atomic mass is 16.7. The third-order valence-electron chi connectivity index (χ3n) is 4.11. The Morgan fingerprint density at radius 2 is 1.90 bits per heavy atom. The van der Waals surface area contributed by atoms with Gasteiger partial charge >= 0.3 is 6.03 Å². The van der Waals surface area contributed by atoms with Crippen molar-refractivity contribution in [1.82, 2.24) is 10.2 Å². The normalized spacial score (nSPS) is 22.2. The van der Waals surface area contributed by atoms with Gasteiger partial charge in [-0.3, -0.25) is 4.79 Å². The highest BCUT2D eigenvalue weighted by Gasteiger charge is 2.41. The van der Waals surface area contributed by atoms with E-state index >= 15 is 0 Å². The summed E-state index contributed by atoms with van der Waals surface area (Å²) in [5, 5.41) is 2.56. The topological polar surface area (TPSA) is 93.9 Å². The molecule has 2 aliphatic heterocycles. The van der Waals surface area contributed by atoms with Crippen molar-refractivity contribution in [1.29, 1.82) is 0 Å². The summed E-state index contributed by atoms with van der Waals surface area (Å²) in [5.74, 6) is -0.553. The molecule has 120 valence electrons. The van der Waals surface area contributed by atoms with Gasteiger partial charge in [-0.05, 0) is 6.42 Å². The van der Waals surface area contributed by atoms with Gasteiger partial charge in [-0.2, -0.15) is 0 Å². The van der Waals surface area contributed by atoms with Crippen LogP contribution in [0.25, 0.3) is 0 Å². The molecule has 1 spiro atoms. The molecule has 2 heterocycles. The van der Waals surface area contributed by atoms with Crippen LogP contribution in [-0.4, -0.2) is 55.0 Å². The molecule has 2 fully saturated rings. The summed E-state index contributed by atoms with van der Waals surface area (Å²) < 4.78 is 11.3. The van der Waals surface area contributed by atoms with Crippen molar-refractivity contribution in [2.45, 2.75) is 50.9 Å². The van der Waals surface area contributed by atoms with E-state index in [9.17, 15) is 9.59 Å². The molecule has 0 radical (unpaired) electrons. The Hall–Kier alpha value is -1.34. The maximum absolute atomic E-state index is 12.5. The molecule has 1 atom stereocenters. The first-order valence-corrected chi connectivity index (χ1v) is 7.69. The second-order valence-corrected chi connectivity index (χ2v) is 5.64. The molecule has 7 heteroatoms. The minimum atomic E-state index is -0.652. The average molecular weight is 299 g/mol. The molecule has 7 nitrogen and oxygen atoms in total. The smallest absolute Gasteiger partial charge is 0.312 e. The molecule has 0 aromatic carbocycles. The first kappa shape index (κ1) is 16.0. The number of carbonyl (C=O) groups is 2. The molecular weight excluding hydrogens is 274 g/mol. The van der Waals surface area contributed by atoms with E-state index in [1.165, 1.54) is 0 Å². The van der Waals surface area contributed by atoms with Gasteiger partial charge in [0.2, 0.25) is 5.91 Å². The summed E-state index contributed by atoms with van der Waals surface area (Å²) in [4.78, 5) is 25.4. The van der Waals surface area contributed by atoms with E-state index in [0.717, 1.165) is 12.8 Å². The lowest BCUT2D eigenvalue weighted by Gasteiger charge is -2.38. The highest BCUT2D eigenvalue weighted by molar-refractivity contribution is 5.86. The summed E-state index contributed by atoms with van der Waals surface area (Å²) in [6, 6.07) is -1.18. The number of carbonyl (C=O) groups excluding carboxylic acids is 2. The molecule has 3 amide bonds. The van der Waals surface area contributed by atoms with E-state index in [0.29, 0.717) is 45.6 Å². The number of primary amides is 1. The molecule has 0 aromatic rings. The van der Waals surface area contributed by atoms with Crippen LogP contribution < -0.4 is 11.1 Å². The molecule has 0 saturated carbocycles. The number of hydrogen-bond donors (Lipinski definition) is 2. The molecule has 0 bridgehead atoms. The Morgan fingerprint density at radius 3 is 2.43 bits per heavy atom. The summed E-state index contributed by atoms with van der Waals surface area (Å²) in [6.45, 7) is 4.46. The quantitative estimate of drug-likeness (QED) is 0.776. The van der Waals surface area contributed by atoms with Crippen molar-refractivity contribution in [3.8, 4) is 0 Å². The average Bonchev–Trinajstić information content (AvgIpc) is 2.91. The van der Waals surface area contributed by atoms with Crippen LogP contribution in [0.15, 0.2) is 0 Å². The fourth-order valence-corrected chi connectivity index (χ4v) is 2.91. The lowest BCUT2D eigenvalue weighted by molar-refractivity contribution is -0.187. The Morgan fingerprint density at radius 1 is 1.29 bits per heavy atom. The number of likely N-dealkylation sites (tertiary alicyclic amines) is 1. The summed E-state index contributed by atoms with van der Waals surface area (Å²) in [7, 11) is 0. The van der Waals surface area contributed by atoms with E-state index in [1.807, 2.05) is 6.92 Å². The number of nitrogens with two attached hydrogens (primary N) is 1. The molecule has 0 aliphatic carbocycles. The van der Waals surface area contributed by atoms with Gasteiger partial charge < -0.3 is 25.4 Å². The number of urea groups is 1. The van der Waals surface area contributed by atoms with Crippen LogP contribution in [0.1, 0.15) is 39.0 Å². The second-order valence-electron chi connectivity index (χ2n) is 5.64. The van der Waals surface area contributed by atoms with E-state index in [4.69, 9.17) is 15.2 Å².